The second kappa shape index (κ2) is 7.65. The Kier molecular flexibility index (Phi) is 6.52. The summed E-state index contributed by atoms with van der Waals surface area (Å²) in [6, 6.07) is 6.33. The minimum absolute atomic E-state index is 0.428. The van der Waals surface area contributed by atoms with Gasteiger partial charge in [0.15, 0.2) is 0 Å². The summed E-state index contributed by atoms with van der Waals surface area (Å²) < 4.78 is 5.37. The molecule has 19 heavy (non-hydrogen) atoms. The summed E-state index contributed by atoms with van der Waals surface area (Å²) in [6.45, 7) is 3.99. The predicted octanol–water partition coefficient (Wildman–Crippen LogP) is 3.33. The lowest BCUT2D eigenvalue weighted by molar-refractivity contribution is 0.194. The van der Waals surface area contributed by atoms with Gasteiger partial charge in [-0.2, -0.15) is 11.8 Å². The summed E-state index contributed by atoms with van der Waals surface area (Å²) in [5, 5.41) is 10.0. The minimum atomic E-state index is -0.540. The van der Waals surface area contributed by atoms with Crippen LogP contribution in [0.2, 0.25) is 0 Å². The van der Waals surface area contributed by atoms with Crippen LogP contribution < -0.4 is 9.64 Å². The average molecular weight is 283 g/mol. The van der Waals surface area contributed by atoms with E-state index in [1.807, 2.05) is 30.0 Å². The van der Waals surface area contributed by atoms with Crippen LogP contribution in [0.3, 0.4) is 0 Å². The fraction of sp³-hybridized carbons (Fsp3) is 0.600. The summed E-state index contributed by atoms with van der Waals surface area (Å²) in [7, 11) is 3.72. The van der Waals surface area contributed by atoms with E-state index >= 15 is 0 Å². The Morgan fingerprint density at radius 2 is 2.05 bits per heavy atom. The molecule has 1 aromatic carbocycles. The quantitative estimate of drug-likeness (QED) is 0.832. The van der Waals surface area contributed by atoms with Gasteiger partial charge in [0.05, 0.1) is 13.2 Å². The van der Waals surface area contributed by atoms with Gasteiger partial charge < -0.3 is 14.7 Å². The first-order valence-corrected chi connectivity index (χ1v) is 7.99. The number of hydrogen-bond donors (Lipinski definition) is 1. The fourth-order valence-corrected chi connectivity index (χ4v) is 2.73. The lowest BCUT2D eigenvalue weighted by atomic mass is 10.0. The Morgan fingerprint density at radius 3 is 2.58 bits per heavy atom. The number of aliphatic hydroxyl groups excluding tert-OH is 1. The molecule has 1 rings (SSSR count). The summed E-state index contributed by atoms with van der Waals surface area (Å²) in [5.41, 5.74) is 1.91. The van der Waals surface area contributed by atoms with Crippen molar-refractivity contribution in [1.82, 2.24) is 0 Å². The smallest absolute Gasteiger partial charge is 0.126 e. The van der Waals surface area contributed by atoms with Gasteiger partial charge in [0.1, 0.15) is 5.75 Å². The van der Waals surface area contributed by atoms with Gasteiger partial charge >= 0.3 is 0 Å². The first-order chi connectivity index (χ1) is 9.02. The van der Waals surface area contributed by atoms with Crippen molar-refractivity contribution in [2.75, 3.05) is 31.1 Å². The van der Waals surface area contributed by atoms with Crippen molar-refractivity contribution in [3.63, 3.8) is 0 Å². The Morgan fingerprint density at radius 1 is 1.37 bits per heavy atom. The molecule has 108 valence electrons. The molecule has 0 spiro atoms. The van der Waals surface area contributed by atoms with Gasteiger partial charge in [-0.15, -0.1) is 0 Å². The first-order valence-electron chi connectivity index (χ1n) is 6.59. The van der Waals surface area contributed by atoms with Gasteiger partial charge in [-0.05, 0) is 44.4 Å². The normalized spacial score (nSPS) is 14.0. The van der Waals surface area contributed by atoms with Crippen LogP contribution >= 0.6 is 11.8 Å². The molecule has 0 aliphatic rings. The summed E-state index contributed by atoms with van der Waals surface area (Å²) in [5.74, 6) is 1.89. The second-order valence-electron chi connectivity index (χ2n) is 4.81. The molecule has 1 N–H and O–H groups in total. The van der Waals surface area contributed by atoms with Crippen molar-refractivity contribution in [1.29, 1.82) is 0 Å². The van der Waals surface area contributed by atoms with Gasteiger partial charge in [0, 0.05) is 24.3 Å². The van der Waals surface area contributed by atoms with E-state index in [4.69, 9.17) is 4.74 Å². The molecular formula is C15H25NO2S. The largest absolute Gasteiger partial charge is 0.496 e. The van der Waals surface area contributed by atoms with E-state index in [9.17, 15) is 5.11 Å². The van der Waals surface area contributed by atoms with Crippen LogP contribution in [-0.4, -0.2) is 37.3 Å². The summed E-state index contributed by atoms with van der Waals surface area (Å²) >= 11 is 1.86. The van der Waals surface area contributed by atoms with Crippen molar-refractivity contribution in [2.45, 2.75) is 32.4 Å². The molecule has 0 aliphatic carbocycles. The third kappa shape index (κ3) is 4.05. The van der Waals surface area contributed by atoms with E-state index in [1.165, 1.54) is 0 Å². The molecule has 0 fully saturated rings. The Bertz CT molecular complexity index is 396. The zero-order chi connectivity index (χ0) is 14.4. The highest BCUT2D eigenvalue weighted by Crippen LogP contribution is 2.35. The molecule has 1 aromatic rings. The van der Waals surface area contributed by atoms with E-state index in [2.05, 4.69) is 25.1 Å². The number of ether oxygens (including phenoxy) is 1. The highest BCUT2D eigenvalue weighted by atomic mass is 32.2. The number of hydrogen-bond acceptors (Lipinski definition) is 4. The van der Waals surface area contributed by atoms with Gasteiger partial charge in [0.2, 0.25) is 0 Å². The van der Waals surface area contributed by atoms with Crippen molar-refractivity contribution >= 4 is 17.4 Å². The number of nitrogens with zero attached hydrogens (tertiary/aromatic N) is 1. The molecule has 0 amide bonds. The van der Waals surface area contributed by atoms with Crippen molar-refractivity contribution in [3.8, 4) is 5.75 Å². The third-order valence-electron chi connectivity index (χ3n) is 3.46. The molecule has 3 nitrogen and oxygen atoms in total. The van der Waals surface area contributed by atoms with Crippen LogP contribution in [0.4, 0.5) is 5.69 Å². The van der Waals surface area contributed by atoms with Crippen LogP contribution in [0.1, 0.15) is 31.9 Å². The molecule has 0 radical (unpaired) electrons. The number of anilines is 1. The maximum atomic E-state index is 10.0. The predicted molar refractivity (Wildman–Crippen MR) is 84.5 cm³/mol. The molecule has 0 aromatic heterocycles. The van der Waals surface area contributed by atoms with Crippen molar-refractivity contribution in [3.05, 3.63) is 23.8 Å². The highest BCUT2D eigenvalue weighted by Gasteiger charge is 2.19. The van der Waals surface area contributed by atoms with E-state index in [0.717, 1.165) is 29.2 Å². The average Bonchev–Trinajstić information content (AvgIpc) is 2.42. The van der Waals surface area contributed by atoms with Gasteiger partial charge in [0.25, 0.3) is 0 Å². The maximum Gasteiger partial charge on any atom is 0.126 e. The summed E-state index contributed by atoms with van der Waals surface area (Å²) in [6.07, 6.45) is 2.70. The monoisotopic (exact) mass is 283 g/mol. The Balaban J connectivity index is 3.04. The SMILES string of the molecule is COc1cccc(N(C)C(C)CCSC)c1C(C)O. The molecule has 0 bridgehead atoms. The van der Waals surface area contributed by atoms with Crippen LogP contribution in [0.5, 0.6) is 5.75 Å². The van der Waals surface area contributed by atoms with Crippen LogP contribution in [0.25, 0.3) is 0 Å². The fourth-order valence-electron chi connectivity index (χ4n) is 2.16. The molecule has 0 saturated heterocycles. The van der Waals surface area contributed by atoms with Crippen LogP contribution in [-0.2, 0) is 0 Å². The molecule has 2 unspecified atom stereocenters. The topological polar surface area (TPSA) is 32.7 Å². The molecule has 0 aliphatic heterocycles. The zero-order valence-corrected chi connectivity index (χ0v) is 13.3. The van der Waals surface area contributed by atoms with Gasteiger partial charge in [-0.3, -0.25) is 0 Å². The van der Waals surface area contributed by atoms with Crippen molar-refractivity contribution in [2.24, 2.45) is 0 Å². The van der Waals surface area contributed by atoms with E-state index in [0.29, 0.717) is 6.04 Å². The lowest BCUT2D eigenvalue weighted by Crippen LogP contribution is -2.30. The van der Waals surface area contributed by atoms with Crippen molar-refractivity contribution < 1.29 is 9.84 Å². The summed E-state index contributed by atoms with van der Waals surface area (Å²) in [4.78, 5) is 2.22. The van der Waals surface area contributed by atoms with E-state index < -0.39 is 6.10 Å². The standard InChI is InChI=1S/C15H25NO2S/c1-11(9-10-19-5)16(3)13-7-6-8-14(18-4)15(13)12(2)17/h6-8,11-12,17H,9-10H2,1-5H3. The molecule has 0 saturated carbocycles. The first kappa shape index (κ1) is 16.2. The maximum absolute atomic E-state index is 10.0. The van der Waals surface area contributed by atoms with Crippen LogP contribution in [0, 0.1) is 0 Å². The highest BCUT2D eigenvalue weighted by molar-refractivity contribution is 7.98. The van der Waals surface area contributed by atoms with Gasteiger partial charge in [-0.25, -0.2) is 0 Å². The zero-order valence-electron chi connectivity index (χ0n) is 12.5. The minimum Gasteiger partial charge on any atom is -0.496 e. The molecule has 0 heterocycles. The van der Waals surface area contributed by atoms with Crippen LogP contribution in [0.15, 0.2) is 18.2 Å². The number of thioether (sulfide) groups is 1. The Labute approximate surface area is 121 Å². The van der Waals surface area contributed by atoms with E-state index in [-0.39, 0.29) is 0 Å². The number of aliphatic hydroxyl groups is 1. The number of benzene rings is 1. The molecular weight excluding hydrogens is 258 g/mol. The lowest BCUT2D eigenvalue weighted by Gasteiger charge is -2.30. The Hall–Kier alpha value is -0.870. The molecule has 4 heteroatoms. The molecule has 2 atom stereocenters. The number of methoxy groups -OCH3 is 1. The second-order valence-corrected chi connectivity index (χ2v) is 5.80. The third-order valence-corrected chi connectivity index (χ3v) is 4.11. The van der Waals surface area contributed by atoms with E-state index in [1.54, 1.807) is 14.0 Å². The van der Waals surface area contributed by atoms with Gasteiger partial charge in [-0.1, -0.05) is 6.07 Å². The number of rotatable bonds is 7.